The summed E-state index contributed by atoms with van der Waals surface area (Å²) >= 11 is 0. The Hall–Kier alpha value is -2.13. The molecule has 0 bridgehead atoms. The lowest BCUT2D eigenvalue weighted by atomic mass is 10.1. The molecule has 0 aromatic heterocycles. The number of hydrogen-bond acceptors (Lipinski definition) is 2. The van der Waals surface area contributed by atoms with Crippen molar-refractivity contribution in [1.29, 1.82) is 0 Å². The van der Waals surface area contributed by atoms with Crippen molar-refractivity contribution in [3.05, 3.63) is 65.7 Å². The minimum atomic E-state index is -0.538. The summed E-state index contributed by atoms with van der Waals surface area (Å²) in [6.07, 6.45) is 0.540. The Balaban J connectivity index is 0.00000106. The van der Waals surface area contributed by atoms with Gasteiger partial charge in [-0.1, -0.05) is 61.9 Å². The van der Waals surface area contributed by atoms with Gasteiger partial charge in [0.1, 0.15) is 0 Å². The zero-order valence-corrected chi connectivity index (χ0v) is 13.0. The normalized spacial score (nSPS) is 11.0. The Bertz CT molecular complexity index is 535. The van der Waals surface area contributed by atoms with Crippen LogP contribution in [-0.2, 0) is 11.2 Å². The molecule has 1 unspecified atom stereocenters. The van der Waals surface area contributed by atoms with Crippen LogP contribution in [0.2, 0.25) is 0 Å². The fraction of sp³-hybridized carbons (Fsp3) is 0.278. The quantitative estimate of drug-likeness (QED) is 0.902. The third-order valence-electron chi connectivity index (χ3n) is 2.95. The van der Waals surface area contributed by atoms with Crippen molar-refractivity contribution in [2.75, 3.05) is 5.32 Å². The highest BCUT2D eigenvalue weighted by Crippen LogP contribution is 2.09. The minimum Gasteiger partial charge on any atom is -0.325 e. The molecule has 0 saturated heterocycles. The molecule has 21 heavy (non-hydrogen) atoms. The zero-order valence-electron chi connectivity index (χ0n) is 13.0. The number of aryl methyl sites for hydroxylation is 1. The first kappa shape index (κ1) is 16.9. The number of benzene rings is 2. The predicted molar refractivity (Wildman–Crippen MR) is 89.3 cm³/mol. The molecule has 3 nitrogen and oxygen atoms in total. The van der Waals surface area contributed by atoms with Gasteiger partial charge in [-0.3, -0.25) is 4.79 Å². The summed E-state index contributed by atoms with van der Waals surface area (Å²) < 4.78 is 0. The van der Waals surface area contributed by atoms with Crippen LogP contribution in [-0.4, -0.2) is 11.9 Å². The molecule has 0 aliphatic carbocycles. The molecule has 0 aliphatic heterocycles. The monoisotopic (exact) mass is 284 g/mol. The highest BCUT2D eigenvalue weighted by molar-refractivity contribution is 5.94. The number of carbonyl (C=O) groups excluding carboxylic acids is 1. The first-order chi connectivity index (χ1) is 10.1. The fourth-order valence-corrected chi connectivity index (χ4v) is 1.83. The average molecular weight is 284 g/mol. The Labute approximate surface area is 127 Å². The van der Waals surface area contributed by atoms with Gasteiger partial charge < -0.3 is 11.1 Å². The van der Waals surface area contributed by atoms with Gasteiger partial charge in [0.05, 0.1) is 6.04 Å². The fourth-order valence-electron chi connectivity index (χ4n) is 1.83. The molecule has 2 aromatic carbocycles. The van der Waals surface area contributed by atoms with Crippen LogP contribution in [0.1, 0.15) is 25.0 Å². The van der Waals surface area contributed by atoms with Crippen molar-refractivity contribution in [1.82, 2.24) is 0 Å². The first-order valence-electron chi connectivity index (χ1n) is 7.32. The van der Waals surface area contributed by atoms with Crippen LogP contribution in [0.3, 0.4) is 0 Å². The lowest BCUT2D eigenvalue weighted by Crippen LogP contribution is -2.37. The molecule has 2 aromatic rings. The molecule has 3 heteroatoms. The van der Waals surface area contributed by atoms with Gasteiger partial charge in [0.15, 0.2) is 0 Å². The van der Waals surface area contributed by atoms with E-state index in [1.54, 1.807) is 0 Å². The number of hydrogen-bond donors (Lipinski definition) is 2. The van der Waals surface area contributed by atoms with Gasteiger partial charge >= 0.3 is 0 Å². The maximum Gasteiger partial charge on any atom is 0.241 e. The van der Waals surface area contributed by atoms with E-state index in [4.69, 9.17) is 5.73 Å². The van der Waals surface area contributed by atoms with Crippen LogP contribution >= 0.6 is 0 Å². The van der Waals surface area contributed by atoms with Crippen molar-refractivity contribution in [3.63, 3.8) is 0 Å². The van der Waals surface area contributed by atoms with Crippen molar-refractivity contribution >= 4 is 11.6 Å². The van der Waals surface area contributed by atoms with E-state index in [0.29, 0.717) is 6.42 Å². The summed E-state index contributed by atoms with van der Waals surface area (Å²) in [5.41, 5.74) is 8.91. The standard InChI is InChI=1S/C16H18N2O.C2H6/c1-12-7-9-14(10-8-12)18-16(19)15(17)11-13-5-3-2-4-6-13;1-2/h2-10,15H,11,17H2,1H3,(H,18,19);1-2H3. The Morgan fingerprint density at radius 2 is 1.62 bits per heavy atom. The summed E-state index contributed by atoms with van der Waals surface area (Å²) in [6.45, 7) is 6.01. The van der Waals surface area contributed by atoms with Crippen LogP contribution in [0, 0.1) is 6.92 Å². The number of anilines is 1. The molecule has 1 atom stereocenters. The van der Waals surface area contributed by atoms with Crippen LogP contribution in [0.5, 0.6) is 0 Å². The molecular formula is C18H24N2O. The van der Waals surface area contributed by atoms with Crippen LogP contribution in [0.25, 0.3) is 0 Å². The van der Waals surface area contributed by atoms with Gasteiger partial charge in [-0.15, -0.1) is 0 Å². The Kier molecular flexibility index (Phi) is 7.19. The summed E-state index contributed by atoms with van der Waals surface area (Å²) in [4.78, 5) is 12.0. The average Bonchev–Trinajstić information content (AvgIpc) is 2.52. The number of nitrogens with one attached hydrogen (secondary N) is 1. The zero-order chi connectivity index (χ0) is 15.7. The third-order valence-corrected chi connectivity index (χ3v) is 2.95. The van der Waals surface area contributed by atoms with Gasteiger partial charge in [-0.05, 0) is 31.0 Å². The van der Waals surface area contributed by atoms with E-state index in [2.05, 4.69) is 5.32 Å². The van der Waals surface area contributed by atoms with E-state index in [9.17, 15) is 4.79 Å². The van der Waals surface area contributed by atoms with Gasteiger partial charge in [-0.2, -0.15) is 0 Å². The van der Waals surface area contributed by atoms with Crippen LogP contribution in [0.4, 0.5) is 5.69 Å². The van der Waals surface area contributed by atoms with E-state index in [0.717, 1.165) is 16.8 Å². The van der Waals surface area contributed by atoms with Gasteiger partial charge in [0, 0.05) is 5.69 Å². The molecular weight excluding hydrogens is 260 g/mol. The topological polar surface area (TPSA) is 55.1 Å². The Morgan fingerprint density at radius 1 is 1.05 bits per heavy atom. The molecule has 0 fully saturated rings. The maximum absolute atomic E-state index is 12.0. The summed E-state index contributed by atoms with van der Waals surface area (Å²) in [5, 5.41) is 2.83. The predicted octanol–water partition coefficient (Wildman–Crippen LogP) is 3.53. The van der Waals surface area contributed by atoms with Crippen LogP contribution in [0.15, 0.2) is 54.6 Å². The smallest absolute Gasteiger partial charge is 0.241 e. The third kappa shape index (κ3) is 5.79. The second-order valence-electron chi connectivity index (χ2n) is 4.65. The van der Waals surface area contributed by atoms with Gasteiger partial charge in [0.2, 0.25) is 5.91 Å². The minimum absolute atomic E-state index is 0.160. The molecule has 0 radical (unpaired) electrons. The van der Waals surface area contributed by atoms with Crippen molar-refractivity contribution in [2.24, 2.45) is 5.73 Å². The highest BCUT2D eigenvalue weighted by Gasteiger charge is 2.13. The molecule has 0 aliphatic rings. The summed E-state index contributed by atoms with van der Waals surface area (Å²) in [6, 6.07) is 16.9. The molecule has 0 spiro atoms. The molecule has 2 rings (SSSR count). The second kappa shape index (κ2) is 8.93. The van der Waals surface area contributed by atoms with Crippen molar-refractivity contribution in [2.45, 2.75) is 33.2 Å². The molecule has 3 N–H and O–H groups in total. The lowest BCUT2D eigenvalue weighted by Gasteiger charge is -2.12. The largest absolute Gasteiger partial charge is 0.325 e. The second-order valence-corrected chi connectivity index (χ2v) is 4.65. The number of carbonyl (C=O) groups is 1. The van der Waals surface area contributed by atoms with Gasteiger partial charge in [0.25, 0.3) is 0 Å². The Morgan fingerprint density at radius 3 is 2.19 bits per heavy atom. The lowest BCUT2D eigenvalue weighted by molar-refractivity contribution is -0.117. The van der Waals surface area contributed by atoms with Crippen molar-refractivity contribution < 1.29 is 4.79 Å². The van der Waals surface area contributed by atoms with E-state index in [1.807, 2.05) is 75.4 Å². The number of nitrogens with two attached hydrogens (primary N) is 1. The number of rotatable bonds is 4. The molecule has 0 heterocycles. The van der Waals surface area contributed by atoms with E-state index in [1.165, 1.54) is 0 Å². The SMILES string of the molecule is CC.Cc1ccc(NC(=O)C(N)Cc2ccccc2)cc1. The maximum atomic E-state index is 12.0. The van der Waals surface area contributed by atoms with E-state index < -0.39 is 6.04 Å². The van der Waals surface area contributed by atoms with Crippen LogP contribution < -0.4 is 11.1 Å². The van der Waals surface area contributed by atoms with Gasteiger partial charge in [-0.25, -0.2) is 0 Å². The van der Waals surface area contributed by atoms with E-state index in [-0.39, 0.29) is 5.91 Å². The molecule has 112 valence electrons. The van der Waals surface area contributed by atoms with Crippen molar-refractivity contribution in [3.8, 4) is 0 Å². The summed E-state index contributed by atoms with van der Waals surface area (Å²) in [7, 11) is 0. The highest BCUT2D eigenvalue weighted by atomic mass is 16.2. The number of amides is 1. The summed E-state index contributed by atoms with van der Waals surface area (Å²) in [5.74, 6) is -0.160. The van der Waals surface area contributed by atoms with E-state index >= 15 is 0 Å². The molecule has 1 amide bonds. The molecule has 0 saturated carbocycles. The first-order valence-corrected chi connectivity index (χ1v) is 7.32.